The Hall–Kier alpha value is -3.78. The van der Waals surface area contributed by atoms with E-state index in [4.69, 9.17) is 14.8 Å². The number of hydrogen-bond acceptors (Lipinski definition) is 4. The van der Waals surface area contributed by atoms with Crippen molar-refractivity contribution in [1.82, 2.24) is 4.98 Å². The Morgan fingerprint density at radius 2 is 1.56 bits per heavy atom. The van der Waals surface area contributed by atoms with E-state index in [2.05, 4.69) is 36.4 Å². The molecule has 9 heteroatoms. The summed E-state index contributed by atoms with van der Waals surface area (Å²) < 4.78 is 46.8. The van der Waals surface area contributed by atoms with Crippen LogP contribution in [0.25, 0.3) is 21.3 Å². The van der Waals surface area contributed by atoms with Gasteiger partial charge in [-0.25, -0.2) is 0 Å². The predicted octanol–water partition coefficient (Wildman–Crippen LogP) is 8.65. The number of carbonyl (C=O) groups is 1. The van der Waals surface area contributed by atoms with Crippen molar-refractivity contribution in [2.45, 2.75) is 36.6 Å². The van der Waals surface area contributed by atoms with Gasteiger partial charge in [-0.3, -0.25) is 0 Å². The number of nitrogens with zero attached hydrogens (tertiary/aromatic N) is 1. The first-order chi connectivity index (χ1) is 20.6. The van der Waals surface area contributed by atoms with E-state index in [0.29, 0.717) is 11.3 Å². The Morgan fingerprint density at radius 3 is 2.19 bits per heavy atom. The van der Waals surface area contributed by atoms with Crippen molar-refractivity contribution in [3.05, 3.63) is 124 Å². The van der Waals surface area contributed by atoms with Crippen LogP contribution in [-0.2, 0) is 17.4 Å². The number of hydrogen-bond donors (Lipinski definition) is 1. The van der Waals surface area contributed by atoms with E-state index in [1.165, 1.54) is 16.6 Å². The molecule has 0 radical (unpaired) electrons. The van der Waals surface area contributed by atoms with E-state index in [-0.39, 0.29) is 19.8 Å². The molecule has 0 bridgehead atoms. The van der Waals surface area contributed by atoms with Gasteiger partial charge in [0.05, 0.1) is 0 Å². The molecule has 1 unspecified atom stereocenters. The van der Waals surface area contributed by atoms with Crippen molar-refractivity contribution >= 4 is 32.2 Å². The second-order valence-corrected chi connectivity index (χ2v) is 13.5. The summed E-state index contributed by atoms with van der Waals surface area (Å²) in [5.41, 5.74) is 5.20. The van der Waals surface area contributed by atoms with Gasteiger partial charge in [-0.05, 0) is 0 Å². The van der Waals surface area contributed by atoms with Crippen LogP contribution in [0.15, 0.2) is 102 Å². The topological polar surface area (TPSA) is 59.4 Å². The maximum absolute atomic E-state index is 13.1. The van der Waals surface area contributed by atoms with Gasteiger partial charge in [0.15, 0.2) is 0 Å². The van der Waals surface area contributed by atoms with Crippen molar-refractivity contribution in [2.75, 3.05) is 6.61 Å². The number of aryl methyl sites for hydroxylation is 2. The molecule has 1 N–H and O–H groups in total. The number of aromatic nitrogens is 1. The molecule has 0 saturated carbocycles. The van der Waals surface area contributed by atoms with Gasteiger partial charge in [-0.1, -0.05) is 0 Å². The zero-order valence-electron chi connectivity index (χ0n) is 23.4. The Bertz CT molecular complexity index is 1700. The zero-order chi connectivity index (χ0) is 30.6. The van der Waals surface area contributed by atoms with Crippen molar-refractivity contribution in [3.8, 4) is 27.0 Å². The van der Waals surface area contributed by atoms with Crippen LogP contribution < -0.4 is 4.74 Å². The Morgan fingerprint density at radius 1 is 0.907 bits per heavy atom. The number of rotatable bonds is 10. The molecule has 4 nitrogen and oxygen atoms in total. The number of thioether (sulfide) groups is 1. The summed E-state index contributed by atoms with van der Waals surface area (Å²) in [6, 6.07) is 29.6. The quantitative estimate of drug-likeness (QED) is 0.120. The zero-order valence-corrected chi connectivity index (χ0v) is 25.9. The summed E-state index contributed by atoms with van der Waals surface area (Å²) in [5, 5.41) is 9.00. The number of ether oxygens (including phenoxy) is 1. The summed E-state index contributed by atoms with van der Waals surface area (Å²) in [4.78, 5) is 16.8. The standard InChI is InChI=1S/C34H28F3NO3SSe/c1-21-18-28(16-17-29(21)41-20-31(39)40)42-30(19-23-8-10-25(11-9-23)24-6-4-3-5-7-24)32-22(2)38-33(43-32)26-12-14-27(15-13-26)34(35,36)37/h3-18,30H,19-20H2,1-2H3,(H,39,40). The summed E-state index contributed by atoms with van der Waals surface area (Å²) in [7, 11) is 0. The maximum atomic E-state index is 13.1. The van der Waals surface area contributed by atoms with Crippen molar-refractivity contribution in [1.29, 1.82) is 0 Å². The van der Waals surface area contributed by atoms with Gasteiger partial charge in [0.1, 0.15) is 0 Å². The van der Waals surface area contributed by atoms with Crippen molar-refractivity contribution in [3.63, 3.8) is 0 Å². The van der Waals surface area contributed by atoms with Crippen LogP contribution in [0.5, 0.6) is 5.75 Å². The second kappa shape index (κ2) is 13.2. The minimum absolute atomic E-state index is 0.0310. The molecular formula is C34H28F3NO3SSe. The molecule has 0 aliphatic carbocycles. The molecule has 5 aromatic rings. The molecule has 4 aromatic carbocycles. The first-order valence-corrected chi connectivity index (χ1v) is 16.1. The van der Waals surface area contributed by atoms with Gasteiger partial charge in [0.25, 0.3) is 0 Å². The summed E-state index contributed by atoms with van der Waals surface area (Å²) in [6.45, 7) is 3.44. The molecule has 0 aliphatic rings. The number of carboxylic acid groups (broad SMARTS) is 1. The van der Waals surface area contributed by atoms with E-state index in [1.54, 1.807) is 17.8 Å². The van der Waals surface area contributed by atoms with Gasteiger partial charge < -0.3 is 0 Å². The average molecular weight is 667 g/mol. The predicted molar refractivity (Wildman–Crippen MR) is 165 cm³/mol. The van der Waals surface area contributed by atoms with Crippen LogP contribution in [0.1, 0.15) is 32.1 Å². The van der Waals surface area contributed by atoms with E-state index < -0.39 is 24.3 Å². The fraction of sp³-hybridized carbons (Fsp3) is 0.176. The van der Waals surface area contributed by atoms with Gasteiger partial charge >= 0.3 is 259 Å². The van der Waals surface area contributed by atoms with Crippen LogP contribution >= 0.6 is 11.8 Å². The fourth-order valence-electron chi connectivity index (χ4n) is 4.66. The molecule has 0 amide bonds. The Labute approximate surface area is 258 Å². The Kier molecular flexibility index (Phi) is 9.45. The van der Waals surface area contributed by atoms with Crippen LogP contribution in [0.3, 0.4) is 0 Å². The van der Waals surface area contributed by atoms with Gasteiger partial charge in [-0.15, -0.1) is 0 Å². The first-order valence-electron chi connectivity index (χ1n) is 13.5. The third-order valence-electron chi connectivity index (χ3n) is 6.84. The molecule has 0 spiro atoms. The van der Waals surface area contributed by atoms with Crippen molar-refractivity contribution in [2.24, 2.45) is 0 Å². The van der Waals surface area contributed by atoms with Crippen LogP contribution in [0.2, 0.25) is 0 Å². The summed E-state index contributed by atoms with van der Waals surface area (Å²) in [6.07, 6.45) is -3.65. The molecule has 1 atom stereocenters. The van der Waals surface area contributed by atoms with Crippen LogP contribution in [0, 0.1) is 13.8 Å². The number of carboxylic acids is 1. The van der Waals surface area contributed by atoms with E-state index in [9.17, 15) is 18.0 Å². The van der Waals surface area contributed by atoms with Gasteiger partial charge in [0, 0.05) is 0 Å². The first kappa shape index (κ1) is 30.7. The average Bonchev–Trinajstić information content (AvgIpc) is 3.38. The normalized spacial score (nSPS) is 12.2. The number of halogens is 3. The van der Waals surface area contributed by atoms with E-state index in [1.807, 2.05) is 44.2 Å². The third-order valence-corrected chi connectivity index (χ3v) is 11.2. The fourth-order valence-corrected chi connectivity index (χ4v) is 8.69. The monoisotopic (exact) mass is 667 g/mol. The molecule has 1 heterocycles. The van der Waals surface area contributed by atoms with Gasteiger partial charge in [0.2, 0.25) is 0 Å². The van der Waals surface area contributed by atoms with Gasteiger partial charge in [-0.2, -0.15) is 0 Å². The summed E-state index contributed by atoms with van der Waals surface area (Å²) in [5.74, 6) is -0.515. The SMILES string of the molecule is Cc1cc(SC(Cc2ccc(-c3ccccc3)cc2)c2[se]c(-c3ccc(C(F)(F)F)cc3)nc2C)ccc1OCC(=O)O. The number of benzene rings is 4. The molecule has 1 aromatic heterocycles. The molecule has 220 valence electrons. The van der Waals surface area contributed by atoms with E-state index >= 15 is 0 Å². The second-order valence-electron chi connectivity index (χ2n) is 10.0. The molecule has 0 saturated heterocycles. The van der Waals surface area contributed by atoms with Crippen molar-refractivity contribution < 1.29 is 27.8 Å². The van der Waals surface area contributed by atoms with Crippen LogP contribution in [-0.4, -0.2) is 37.2 Å². The molecule has 0 aliphatic heterocycles. The van der Waals surface area contributed by atoms with Crippen LogP contribution in [0.4, 0.5) is 13.2 Å². The molecule has 43 heavy (non-hydrogen) atoms. The Balaban J connectivity index is 1.45. The van der Waals surface area contributed by atoms with E-state index in [0.717, 1.165) is 56.0 Å². The summed E-state index contributed by atoms with van der Waals surface area (Å²) >= 11 is 1.52. The molecule has 0 fully saturated rings. The minimum atomic E-state index is -4.38. The number of aliphatic carboxylic acids is 1. The number of alkyl halides is 3. The third kappa shape index (κ3) is 7.79. The molecule has 5 rings (SSSR count). The molecular weight excluding hydrogens is 638 g/mol.